The molecule has 2 fully saturated rings. The lowest BCUT2D eigenvalue weighted by molar-refractivity contribution is 0.276. The van der Waals surface area contributed by atoms with Gasteiger partial charge in [-0.2, -0.15) is 0 Å². The van der Waals surface area contributed by atoms with Crippen molar-refractivity contribution in [3.63, 3.8) is 0 Å². The lowest BCUT2D eigenvalue weighted by atomic mass is 9.75. The summed E-state index contributed by atoms with van der Waals surface area (Å²) < 4.78 is 0. The van der Waals surface area contributed by atoms with Crippen molar-refractivity contribution in [1.29, 1.82) is 0 Å². The molecule has 0 amide bonds. The number of rotatable bonds is 6. The Morgan fingerprint density at radius 2 is 1.79 bits per heavy atom. The van der Waals surface area contributed by atoms with E-state index in [-0.39, 0.29) is 0 Å². The molecule has 0 bridgehead atoms. The molecule has 1 unspecified atom stereocenters. The van der Waals surface area contributed by atoms with E-state index in [4.69, 9.17) is 4.98 Å². The molecule has 1 heterocycles. The van der Waals surface area contributed by atoms with Gasteiger partial charge in [-0.3, -0.25) is 4.98 Å². The summed E-state index contributed by atoms with van der Waals surface area (Å²) in [6.07, 6.45) is 20.8. The van der Waals surface area contributed by atoms with E-state index in [1.807, 2.05) is 0 Å². The van der Waals surface area contributed by atoms with E-state index in [9.17, 15) is 0 Å². The first-order chi connectivity index (χ1) is 14.2. The van der Waals surface area contributed by atoms with Gasteiger partial charge in [0.25, 0.3) is 0 Å². The number of nitrogens with zero attached hydrogens (tertiary/aromatic N) is 1. The van der Waals surface area contributed by atoms with Crippen LogP contribution in [0, 0.1) is 17.8 Å². The summed E-state index contributed by atoms with van der Waals surface area (Å²) in [5.41, 5.74) is 2.85. The predicted molar refractivity (Wildman–Crippen MR) is 125 cm³/mol. The van der Waals surface area contributed by atoms with E-state index in [1.165, 1.54) is 99.1 Å². The molecule has 1 aromatic heterocycles. The topological polar surface area (TPSA) is 12.9 Å². The van der Waals surface area contributed by atoms with Crippen LogP contribution in [0.3, 0.4) is 0 Å². The Morgan fingerprint density at radius 1 is 1.03 bits per heavy atom. The number of benzene rings is 1. The largest absolute Gasteiger partial charge is 0.260 e. The number of aromatic nitrogens is 1. The summed E-state index contributed by atoms with van der Waals surface area (Å²) in [6, 6.07) is 9.26. The monoisotopic (exact) mass is 389 g/mol. The maximum atomic E-state index is 4.90. The normalized spacial score (nSPS) is 24.9. The highest BCUT2D eigenvalue weighted by Gasteiger charge is 2.26. The summed E-state index contributed by atoms with van der Waals surface area (Å²) in [5.74, 6) is 3.00. The van der Waals surface area contributed by atoms with Gasteiger partial charge in [0.2, 0.25) is 0 Å². The Bertz CT molecular complexity index is 791. The number of hydrogen-bond acceptors (Lipinski definition) is 1. The minimum Gasteiger partial charge on any atom is -0.260 e. The Hall–Kier alpha value is -1.63. The summed E-state index contributed by atoms with van der Waals surface area (Å²) in [6.45, 7) is 6.40. The first-order valence-electron chi connectivity index (χ1n) is 12.2. The van der Waals surface area contributed by atoms with Crippen LogP contribution in [0.15, 0.2) is 43.1 Å². The molecule has 2 aliphatic carbocycles. The van der Waals surface area contributed by atoms with Crippen LogP contribution >= 0.6 is 0 Å². The van der Waals surface area contributed by atoms with Gasteiger partial charge in [-0.05, 0) is 73.3 Å². The average molecular weight is 390 g/mol. The third-order valence-electron chi connectivity index (χ3n) is 8.00. The van der Waals surface area contributed by atoms with Crippen molar-refractivity contribution in [3.8, 4) is 0 Å². The van der Waals surface area contributed by atoms with Crippen LogP contribution in [-0.2, 0) is 6.42 Å². The first-order valence-corrected chi connectivity index (χ1v) is 12.2. The first kappa shape index (κ1) is 20.6. The van der Waals surface area contributed by atoms with Gasteiger partial charge in [0.15, 0.2) is 0 Å². The van der Waals surface area contributed by atoms with Crippen molar-refractivity contribution >= 4 is 10.8 Å². The Kier molecular flexibility index (Phi) is 7.06. The summed E-state index contributed by atoms with van der Waals surface area (Å²) in [7, 11) is 0. The van der Waals surface area contributed by atoms with Gasteiger partial charge in [0.1, 0.15) is 0 Å². The maximum Gasteiger partial charge on any atom is 0.0441 e. The smallest absolute Gasteiger partial charge is 0.0441 e. The van der Waals surface area contributed by atoms with Gasteiger partial charge in [-0.15, -0.1) is 6.58 Å². The van der Waals surface area contributed by atoms with Crippen LogP contribution in [0.2, 0.25) is 0 Å². The number of pyridine rings is 1. The molecule has 0 aliphatic heterocycles. The van der Waals surface area contributed by atoms with Gasteiger partial charge < -0.3 is 0 Å². The minimum absolute atomic E-state index is 0.556. The lowest BCUT2D eigenvalue weighted by Crippen LogP contribution is -2.18. The highest BCUT2D eigenvalue weighted by Crippen LogP contribution is 2.38. The summed E-state index contributed by atoms with van der Waals surface area (Å²) in [5, 5.41) is 2.77. The van der Waals surface area contributed by atoms with Crippen LogP contribution in [0.25, 0.3) is 10.8 Å². The highest BCUT2D eigenvalue weighted by atomic mass is 14.7. The molecule has 0 radical (unpaired) electrons. The molecule has 2 aromatic rings. The van der Waals surface area contributed by atoms with Gasteiger partial charge in [-0.1, -0.05) is 69.7 Å². The number of aryl methyl sites for hydroxylation is 1. The van der Waals surface area contributed by atoms with Gasteiger partial charge in [0, 0.05) is 23.2 Å². The van der Waals surface area contributed by atoms with E-state index in [0.717, 1.165) is 17.8 Å². The number of fused-ring (bicyclic) bond motifs is 1. The molecule has 0 N–H and O–H groups in total. The van der Waals surface area contributed by atoms with E-state index in [1.54, 1.807) is 0 Å². The van der Waals surface area contributed by atoms with Gasteiger partial charge in [-0.25, -0.2) is 0 Å². The quantitative estimate of drug-likeness (QED) is 0.358. The third kappa shape index (κ3) is 5.11. The fraction of sp³-hybridized carbons (Fsp3) is 0.607. The van der Waals surface area contributed by atoms with E-state index >= 15 is 0 Å². The Labute approximate surface area is 178 Å². The second kappa shape index (κ2) is 9.92. The summed E-state index contributed by atoms with van der Waals surface area (Å²) >= 11 is 0. The van der Waals surface area contributed by atoms with E-state index < -0.39 is 0 Å². The van der Waals surface area contributed by atoms with Crippen LogP contribution in [0.5, 0.6) is 0 Å². The van der Waals surface area contributed by atoms with Crippen molar-refractivity contribution in [3.05, 3.63) is 54.4 Å². The van der Waals surface area contributed by atoms with Crippen LogP contribution < -0.4 is 0 Å². The molecule has 4 rings (SSSR count). The highest BCUT2D eigenvalue weighted by molar-refractivity contribution is 5.85. The second-order valence-electron chi connectivity index (χ2n) is 9.84. The molecule has 2 aliphatic rings. The zero-order valence-electron chi connectivity index (χ0n) is 18.4. The van der Waals surface area contributed by atoms with Crippen molar-refractivity contribution in [2.75, 3.05) is 0 Å². The van der Waals surface area contributed by atoms with Crippen LogP contribution in [-0.4, -0.2) is 4.98 Å². The molecule has 0 saturated heterocycles. The Balaban J connectivity index is 1.48. The molecule has 156 valence electrons. The predicted octanol–water partition coefficient (Wildman–Crippen LogP) is 8.23. The molecule has 0 spiro atoms. The summed E-state index contributed by atoms with van der Waals surface area (Å²) in [4.78, 5) is 4.90. The van der Waals surface area contributed by atoms with Gasteiger partial charge in [0.05, 0.1) is 0 Å². The van der Waals surface area contributed by atoms with E-state index in [2.05, 4.69) is 50.0 Å². The van der Waals surface area contributed by atoms with Gasteiger partial charge >= 0.3 is 0 Å². The van der Waals surface area contributed by atoms with Crippen LogP contribution in [0.4, 0.5) is 0 Å². The Morgan fingerprint density at radius 3 is 2.52 bits per heavy atom. The van der Waals surface area contributed by atoms with Crippen LogP contribution in [0.1, 0.15) is 94.7 Å². The molecular weight excluding hydrogens is 350 g/mol. The molecule has 1 heteroatoms. The SMILES string of the molecule is C=CC1CCC(C(C)c2cc3c(CCC4CCCCCC4)cccc3cn2)CC1. The molecule has 1 atom stereocenters. The maximum absolute atomic E-state index is 4.90. The van der Waals surface area contributed by atoms with Crippen molar-refractivity contribution in [1.82, 2.24) is 4.98 Å². The fourth-order valence-corrected chi connectivity index (χ4v) is 5.85. The lowest BCUT2D eigenvalue weighted by Gasteiger charge is -2.31. The zero-order chi connectivity index (χ0) is 20.1. The van der Waals surface area contributed by atoms with Crippen molar-refractivity contribution < 1.29 is 0 Å². The standard InChI is InChI=1S/C28H39N/c1-3-22-13-16-24(17-14-22)21(2)28-19-27-25(11-8-12-26(27)20-29-28)18-15-23-9-6-4-5-7-10-23/h3,8,11-12,19-24H,1,4-7,9-10,13-18H2,2H3. The third-order valence-corrected chi connectivity index (χ3v) is 8.00. The second-order valence-corrected chi connectivity index (χ2v) is 9.84. The number of hydrogen-bond donors (Lipinski definition) is 0. The minimum atomic E-state index is 0.556. The molecule has 29 heavy (non-hydrogen) atoms. The molecular formula is C28H39N. The average Bonchev–Trinajstić information content (AvgIpc) is 3.06. The van der Waals surface area contributed by atoms with Crippen molar-refractivity contribution in [2.24, 2.45) is 17.8 Å². The van der Waals surface area contributed by atoms with E-state index in [0.29, 0.717) is 5.92 Å². The molecule has 1 nitrogen and oxygen atoms in total. The molecule has 2 saturated carbocycles. The fourth-order valence-electron chi connectivity index (χ4n) is 5.85. The van der Waals surface area contributed by atoms with Crippen molar-refractivity contribution in [2.45, 2.75) is 89.9 Å². The number of allylic oxidation sites excluding steroid dienone is 1. The zero-order valence-corrected chi connectivity index (χ0v) is 18.4. The molecule has 1 aromatic carbocycles.